The first kappa shape index (κ1) is 12.2. The number of nitrogens with one attached hydrogen (secondary N) is 2. The van der Waals surface area contributed by atoms with Crippen LogP contribution in [-0.2, 0) is 4.74 Å². The Balaban J connectivity index is 1.74. The third-order valence-electron chi connectivity index (χ3n) is 2.92. The van der Waals surface area contributed by atoms with Gasteiger partial charge in [-0.25, -0.2) is 5.43 Å². The molecule has 19 heavy (non-hydrogen) atoms. The fourth-order valence-electron chi connectivity index (χ4n) is 1.81. The first-order valence-corrected chi connectivity index (χ1v) is 6.69. The van der Waals surface area contributed by atoms with Crippen LogP contribution < -0.4 is 5.43 Å². The summed E-state index contributed by atoms with van der Waals surface area (Å²) in [5, 5.41) is 3.68. The van der Waals surface area contributed by atoms with Crippen LogP contribution in [0, 0.1) is 11.0 Å². The molecule has 1 fully saturated rings. The maximum Gasteiger partial charge on any atom is 0.287 e. The van der Waals surface area contributed by atoms with Crippen molar-refractivity contribution in [1.29, 1.82) is 0 Å². The molecule has 3 rings (SSSR count). The summed E-state index contributed by atoms with van der Waals surface area (Å²) < 4.78 is 18.7. The van der Waals surface area contributed by atoms with Crippen molar-refractivity contribution in [2.45, 2.75) is 12.8 Å². The first-order valence-electron chi connectivity index (χ1n) is 5.87. The zero-order valence-corrected chi connectivity index (χ0v) is 11.0. The molecule has 0 aromatic carbocycles. The molecule has 0 saturated heterocycles. The maximum absolute atomic E-state index is 12.9. The summed E-state index contributed by atoms with van der Waals surface area (Å²) in [5.74, 6) is 0.512. The number of hydrogen-bond donors (Lipinski definition) is 2. The van der Waals surface area contributed by atoms with Gasteiger partial charge in [-0.3, -0.25) is 4.79 Å². The number of fused-ring (bicyclic) bond motifs is 1. The van der Waals surface area contributed by atoms with Crippen molar-refractivity contribution in [2.75, 3.05) is 7.11 Å². The van der Waals surface area contributed by atoms with Gasteiger partial charge in [-0.15, -0.1) is 16.4 Å². The highest BCUT2D eigenvalue weighted by Gasteiger charge is 2.29. The number of aromatic nitrogens is 1. The molecular weight excluding hydrogens is 269 g/mol. The lowest BCUT2D eigenvalue weighted by Crippen LogP contribution is -2.21. The van der Waals surface area contributed by atoms with E-state index in [1.54, 1.807) is 6.07 Å². The van der Waals surface area contributed by atoms with Gasteiger partial charge in [-0.05, 0) is 18.9 Å². The number of carbonyl (C=O) groups is 1. The predicted molar refractivity (Wildman–Crippen MR) is 70.8 cm³/mol. The van der Waals surface area contributed by atoms with Gasteiger partial charge in [-0.1, -0.05) is 0 Å². The van der Waals surface area contributed by atoms with Crippen molar-refractivity contribution in [3.63, 3.8) is 0 Å². The second kappa shape index (κ2) is 4.65. The summed E-state index contributed by atoms with van der Waals surface area (Å²) in [7, 11) is 1.54. The van der Waals surface area contributed by atoms with Crippen LogP contribution in [0.2, 0.25) is 0 Å². The number of ether oxygens (including phenoxy) is 1. The van der Waals surface area contributed by atoms with E-state index < -0.39 is 0 Å². The number of thiophene rings is 1. The highest BCUT2D eigenvalue weighted by atomic mass is 32.1. The van der Waals surface area contributed by atoms with Crippen LogP contribution in [0.15, 0.2) is 17.2 Å². The van der Waals surface area contributed by atoms with E-state index in [0.717, 1.165) is 24.2 Å². The Kier molecular flexibility index (Phi) is 2.98. The number of H-pyrrole nitrogens is 1. The Hall–Kier alpha value is -1.89. The number of nitrogens with zero attached hydrogens (tertiary/aromatic N) is 1. The molecule has 2 heterocycles. The standard InChI is InChI=1S/C12H12FN3O2S/c1-18-12(6-2-3-6)16-15-11(17)8-4-9-7(14-8)5-10(13)19-9/h4-6,14H,2-3H2,1H3,(H,15,17)/b16-12-. The van der Waals surface area contributed by atoms with E-state index >= 15 is 0 Å². The van der Waals surface area contributed by atoms with E-state index in [2.05, 4.69) is 15.5 Å². The SMILES string of the molecule is CO/C(=N\NC(=O)c1cc2sc(F)cc2[nH]1)C1CC1. The van der Waals surface area contributed by atoms with Crippen molar-refractivity contribution in [1.82, 2.24) is 10.4 Å². The van der Waals surface area contributed by atoms with E-state index in [1.165, 1.54) is 13.2 Å². The smallest absolute Gasteiger partial charge is 0.287 e. The largest absolute Gasteiger partial charge is 0.483 e. The predicted octanol–water partition coefficient (Wildman–Crippen LogP) is 2.47. The quantitative estimate of drug-likeness (QED) is 0.515. The van der Waals surface area contributed by atoms with Crippen molar-refractivity contribution < 1.29 is 13.9 Å². The molecule has 100 valence electrons. The minimum Gasteiger partial charge on any atom is -0.483 e. The molecular formula is C12H12FN3O2S. The van der Waals surface area contributed by atoms with Gasteiger partial charge in [0.1, 0.15) is 5.69 Å². The van der Waals surface area contributed by atoms with Crippen LogP contribution in [0.1, 0.15) is 23.3 Å². The summed E-state index contributed by atoms with van der Waals surface area (Å²) in [6.45, 7) is 0. The van der Waals surface area contributed by atoms with E-state index in [0.29, 0.717) is 27.7 Å². The van der Waals surface area contributed by atoms with E-state index in [9.17, 15) is 9.18 Å². The molecule has 0 unspecified atom stereocenters. The molecule has 1 amide bonds. The van der Waals surface area contributed by atoms with Gasteiger partial charge in [0.25, 0.3) is 5.91 Å². The molecule has 0 radical (unpaired) electrons. The molecule has 2 aromatic heterocycles. The zero-order valence-electron chi connectivity index (χ0n) is 10.2. The highest BCUT2D eigenvalue weighted by Crippen LogP contribution is 2.30. The van der Waals surface area contributed by atoms with Crippen molar-refractivity contribution >= 4 is 33.4 Å². The van der Waals surface area contributed by atoms with Gasteiger partial charge >= 0.3 is 0 Å². The topological polar surface area (TPSA) is 66.5 Å². The molecule has 1 aliphatic rings. The van der Waals surface area contributed by atoms with Crippen LogP contribution in [0.3, 0.4) is 0 Å². The molecule has 7 heteroatoms. The van der Waals surface area contributed by atoms with Crippen LogP contribution in [-0.4, -0.2) is 23.9 Å². The number of carbonyl (C=O) groups excluding carboxylic acids is 1. The second-order valence-electron chi connectivity index (χ2n) is 4.38. The molecule has 5 nitrogen and oxygen atoms in total. The highest BCUT2D eigenvalue weighted by molar-refractivity contribution is 7.17. The average Bonchev–Trinajstić information content (AvgIpc) is 3.04. The van der Waals surface area contributed by atoms with Gasteiger partial charge in [0, 0.05) is 12.0 Å². The first-order chi connectivity index (χ1) is 9.17. The Morgan fingerprint density at radius 3 is 3.00 bits per heavy atom. The number of methoxy groups -OCH3 is 1. The fourth-order valence-corrected chi connectivity index (χ4v) is 2.60. The Morgan fingerprint density at radius 2 is 2.37 bits per heavy atom. The van der Waals surface area contributed by atoms with Crippen LogP contribution in [0.5, 0.6) is 0 Å². The molecule has 1 aliphatic carbocycles. The number of rotatable bonds is 3. The van der Waals surface area contributed by atoms with Crippen molar-refractivity contribution in [3.8, 4) is 0 Å². The summed E-state index contributed by atoms with van der Waals surface area (Å²) in [4.78, 5) is 14.7. The number of halogens is 1. The Morgan fingerprint density at radius 1 is 1.58 bits per heavy atom. The summed E-state index contributed by atoms with van der Waals surface area (Å²) in [6, 6.07) is 2.97. The lowest BCUT2D eigenvalue weighted by atomic mass is 10.4. The summed E-state index contributed by atoms with van der Waals surface area (Å²) >= 11 is 0.996. The second-order valence-corrected chi connectivity index (χ2v) is 5.41. The molecule has 0 bridgehead atoms. The summed E-state index contributed by atoms with van der Waals surface area (Å²) in [6.07, 6.45) is 2.08. The third-order valence-corrected chi connectivity index (χ3v) is 3.79. The lowest BCUT2D eigenvalue weighted by Gasteiger charge is -2.02. The zero-order chi connectivity index (χ0) is 13.4. The monoisotopic (exact) mass is 281 g/mol. The number of amides is 1. The molecule has 0 atom stereocenters. The van der Waals surface area contributed by atoms with Gasteiger partial charge < -0.3 is 9.72 Å². The lowest BCUT2D eigenvalue weighted by molar-refractivity contribution is 0.0949. The van der Waals surface area contributed by atoms with Crippen molar-refractivity contribution in [3.05, 3.63) is 23.0 Å². The fraction of sp³-hybridized carbons (Fsp3) is 0.333. The maximum atomic E-state index is 12.9. The van der Waals surface area contributed by atoms with Crippen LogP contribution in [0.4, 0.5) is 4.39 Å². The minimum absolute atomic E-state index is 0.276. The average molecular weight is 281 g/mol. The normalized spacial score (nSPS) is 15.8. The van der Waals surface area contributed by atoms with E-state index in [-0.39, 0.29) is 11.0 Å². The number of hydrazone groups is 1. The number of aromatic amines is 1. The molecule has 0 spiro atoms. The minimum atomic E-state index is -0.362. The van der Waals surface area contributed by atoms with E-state index in [4.69, 9.17) is 4.74 Å². The Bertz CT molecular complexity index is 626. The summed E-state index contributed by atoms with van der Waals surface area (Å²) in [5.41, 5.74) is 3.41. The van der Waals surface area contributed by atoms with Crippen molar-refractivity contribution in [2.24, 2.45) is 11.0 Å². The third kappa shape index (κ3) is 2.46. The van der Waals surface area contributed by atoms with Gasteiger partial charge in [0.2, 0.25) is 5.90 Å². The molecule has 0 aliphatic heterocycles. The van der Waals surface area contributed by atoms with Crippen LogP contribution >= 0.6 is 11.3 Å². The molecule has 2 N–H and O–H groups in total. The molecule has 1 saturated carbocycles. The van der Waals surface area contributed by atoms with Crippen LogP contribution in [0.25, 0.3) is 10.2 Å². The Labute approximate surface area is 112 Å². The van der Waals surface area contributed by atoms with Gasteiger partial charge in [0.05, 0.1) is 17.3 Å². The van der Waals surface area contributed by atoms with Gasteiger partial charge in [0.15, 0.2) is 5.13 Å². The van der Waals surface area contributed by atoms with Gasteiger partial charge in [-0.2, -0.15) is 4.39 Å². The van der Waals surface area contributed by atoms with E-state index in [1.807, 2.05) is 0 Å². The molecule has 2 aromatic rings. The number of hydrogen-bond acceptors (Lipinski definition) is 4.